The zero-order valence-corrected chi connectivity index (χ0v) is 14.6. The molecule has 2 amide bonds. The number of aromatic nitrogens is 2. The molecule has 1 saturated heterocycles. The monoisotopic (exact) mass is 342 g/mol. The molecule has 7 nitrogen and oxygen atoms in total. The van der Waals surface area contributed by atoms with Gasteiger partial charge in [0.25, 0.3) is 5.91 Å². The first-order valence-corrected chi connectivity index (χ1v) is 8.26. The van der Waals surface area contributed by atoms with Crippen LogP contribution in [0.25, 0.3) is 0 Å². The van der Waals surface area contributed by atoms with Crippen LogP contribution < -0.4 is 5.32 Å². The summed E-state index contributed by atoms with van der Waals surface area (Å²) in [6.07, 6.45) is 2.58. The molecule has 25 heavy (non-hydrogen) atoms. The maximum Gasteiger partial charge on any atom is 0.256 e. The van der Waals surface area contributed by atoms with Gasteiger partial charge in [0, 0.05) is 19.8 Å². The second-order valence-electron chi connectivity index (χ2n) is 6.17. The number of nitrogens with zero attached hydrogens (tertiary/aromatic N) is 3. The number of benzene rings is 1. The molecule has 0 bridgehead atoms. The van der Waals surface area contributed by atoms with E-state index in [0.29, 0.717) is 5.69 Å². The topological polar surface area (TPSA) is 76.5 Å². The van der Waals surface area contributed by atoms with Crippen molar-refractivity contribution in [2.45, 2.75) is 32.5 Å². The molecule has 2 atom stereocenters. The van der Waals surface area contributed by atoms with Crippen LogP contribution in [0.2, 0.25) is 0 Å². The standard InChI is InChI=1S/C18H22N4O3/c1-4-22-10-14(9-19-22)20-18(24)17-16(21(3)15(23)11-25-17)13-7-5-12(2)6-8-13/h5-10,16-17H,4,11H2,1-3H3,(H,20,24). The molecule has 2 unspecified atom stereocenters. The Kier molecular flexibility index (Phi) is 4.85. The second kappa shape index (κ2) is 7.06. The van der Waals surface area contributed by atoms with E-state index in [1.807, 2.05) is 38.1 Å². The second-order valence-corrected chi connectivity index (χ2v) is 6.17. The van der Waals surface area contributed by atoms with E-state index in [9.17, 15) is 9.59 Å². The molecule has 0 saturated carbocycles. The Labute approximate surface area is 146 Å². The zero-order chi connectivity index (χ0) is 18.0. The molecule has 1 aromatic heterocycles. The molecule has 3 rings (SSSR count). The number of carbonyl (C=O) groups excluding carboxylic acids is 2. The van der Waals surface area contributed by atoms with Crippen molar-refractivity contribution in [1.82, 2.24) is 14.7 Å². The quantitative estimate of drug-likeness (QED) is 0.918. The Hall–Kier alpha value is -2.67. The molecule has 0 spiro atoms. The number of anilines is 1. The third kappa shape index (κ3) is 3.56. The summed E-state index contributed by atoms with van der Waals surface area (Å²) in [5.41, 5.74) is 2.59. The van der Waals surface area contributed by atoms with E-state index in [2.05, 4.69) is 10.4 Å². The van der Waals surface area contributed by atoms with E-state index in [1.165, 1.54) is 0 Å². The zero-order valence-electron chi connectivity index (χ0n) is 14.6. The molecule has 1 fully saturated rings. The molecule has 1 aromatic carbocycles. The molecule has 0 radical (unpaired) electrons. The van der Waals surface area contributed by atoms with Crippen molar-refractivity contribution in [3.8, 4) is 0 Å². The maximum absolute atomic E-state index is 12.8. The number of ether oxygens (including phenoxy) is 1. The summed E-state index contributed by atoms with van der Waals surface area (Å²) in [6, 6.07) is 7.30. The van der Waals surface area contributed by atoms with Crippen LogP contribution in [0.3, 0.4) is 0 Å². The lowest BCUT2D eigenvalue weighted by molar-refractivity contribution is -0.160. The van der Waals surface area contributed by atoms with E-state index in [0.717, 1.165) is 17.7 Å². The van der Waals surface area contributed by atoms with Crippen LogP contribution in [0.5, 0.6) is 0 Å². The summed E-state index contributed by atoms with van der Waals surface area (Å²) in [4.78, 5) is 26.4. The third-order valence-electron chi connectivity index (χ3n) is 4.39. The molecule has 132 valence electrons. The van der Waals surface area contributed by atoms with Crippen molar-refractivity contribution < 1.29 is 14.3 Å². The van der Waals surface area contributed by atoms with Crippen molar-refractivity contribution in [3.05, 3.63) is 47.8 Å². The van der Waals surface area contributed by atoms with E-state index in [-0.39, 0.29) is 18.4 Å². The van der Waals surface area contributed by atoms with Crippen molar-refractivity contribution in [3.63, 3.8) is 0 Å². The van der Waals surface area contributed by atoms with Gasteiger partial charge in [0.15, 0.2) is 6.10 Å². The third-order valence-corrected chi connectivity index (χ3v) is 4.39. The van der Waals surface area contributed by atoms with Gasteiger partial charge in [-0.3, -0.25) is 14.3 Å². The average molecular weight is 342 g/mol. The number of hydrogen-bond donors (Lipinski definition) is 1. The van der Waals surface area contributed by atoms with Gasteiger partial charge in [-0.25, -0.2) is 0 Å². The number of amides is 2. The summed E-state index contributed by atoms with van der Waals surface area (Å²) < 4.78 is 7.32. The minimum absolute atomic E-state index is 0.106. The first kappa shape index (κ1) is 17.2. The average Bonchev–Trinajstić information content (AvgIpc) is 3.05. The lowest BCUT2D eigenvalue weighted by Crippen LogP contribution is -2.51. The van der Waals surface area contributed by atoms with Crippen LogP contribution in [-0.2, 0) is 20.9 Å². The highest BCUT2D eigenvalue weighted by molar-refractivity contribution is 5.96. The summed E-state index contributed by atoms with van der Waals surface area (Å²) >= 11 is 0. The minimum atomic E-state index is -0.782. The van der Waals surface area contributed by atoms with E-state index < -0.39 is 12.1 Å². The number of likely N-dealkylation sites (N-methyl/N-ethyl adjacent to an activating group) is 1. The van der Waals surface area contributed by atoms with Crippen molar-refractivity contribution >= 4 is 17.5 Å². The number of rotatable bonds is 4. The SMILES string of the molecule is CCn1cc(NC(=O)C2OCC(=O)N(C)C2c2ccc(C)cc2)cn1. The highest BCUT2D eigenvalue weighted by Gasteiger charge is 2.40. The summed E-state index contributed by atoms with van der Waals surface area (Å²) in [7, 11) is 1.70. The molecule has 7 heteroatoms. The van der Waals surface area contributed by atoms with Crippen LogP contribution >= 0.6 is 0 Å². The molecular weight excluding hydrogens is 320 g/mol. The molecule has 1 aliphatic heterocycles. The Bertz CT molecular complexity index is 769. The smallest absolute Gasteiger partial charge is 0.256 e. The van der Waals surface area contributed by atoms with Crippen molar-refractivity contribution in [1.29, 1.82) is 0 Å². The van der Waals surface area contributed by atoms with Crippen LogP contribution in [0, 0.1) is 6.92 Å². The van der Waals surface area contributed by atoms with Gasteiger partial charge >= 0.3 is 0 Å². The Balaban J connectivity index is 1.84. The summed E-state index contributed by atoms with van der Waals surface area (Å²) in [6.45, 7) is 4.58. The summed E-state index contributed by atoms with van der Waals surface area (Å²) in [5.74, 6) is -0.436. The van der Waals surface area contributed by atoms with Crippen LogP contribution in [-0.4, -0.2) is 46.3 Å². The first-order valence-electron chi connectivity index (χ1n) is 8.26. The number of hydrogen-bond acceptors (Lipinski definition) is 4. The Morgan fingerprint density at radius 2 is 2.08 bits per heavy atom. The molecule has 0 aliphatic carbocycles. The number of carbonyl (C=O) groups is 2. The highest BCUT2D eigenvalue weighted by Crippen LogP contribution is 2.30. The normalized spacial score (nSPS) is 20.6. The highest BCUT2D eigenvalue weighted by atomic mass is 16.5. The molecular formula is C18H22N4O3. The predicted molar refractivity (Wildman–Crippen MR) is 93.0 cm³/mol. The van der Waals surface area contributed by atoms with Gasteiger partial charge in [-0.05, 0) is 19.4 Å². The van der Waals surface area contributed by atoms with E-state index in [4.69, 9.17) is 4.74 Å². The van der Waals surface area contributed by atoms with Crippen LogP contribution in [0.15, 0.2) is 36.7 Å². The number of aryl methyl sites for hydroxylation is 2. The van der Waals surface area contributed by atoms with Gasteiger partial charge in [0.05, 0.1) is 17.9 Å². The van der Waals surface area contributed by atoms with E-state index in [1.54, 1.807) is 29.0 Å². The maximum atomic E-state index is 12.8. The fraction of sp³-hybridized carbons (Fsp3) is 0.389. The Morgan fingerprint density at radius 3 is 2.72 bits per heavy atom. The number of morpholine rings is 1. The predicted octanol–water partition coefficient (Wildman–Crippen LogP) is 1.75. The molecule has 1 aliphatic rings. The van der Waals surface area contributed by atoms with Crippen LogP contribution in [0.1, 0.15) is 24.1 Å². The lowest BCUT2D eigenvalue weighted by atomic mass is 9.96. The van der Waals surface area contributed by atoms with Gasteiger partial charge in [0.2, 0.25) is 5.91 Å². The molecule has 2 heterocycles. The van der Waals surface area contributed by atoms with Gasteiger partial charge in [-0.1, -0.05) is 29.8 Å². The fourth-order valence-corrected chi connectivity index (χ4v) is 2.91. The van der Waals surface area contributed by atoms with Crippen molar-refractivity contribution in [2.24, 2.45) is 0 Å². The van der Waals surface area contributed by atoms with Gasteiger partial charge < -0.3 is 15.0 Å². The van der Waals surface area contributed by atoms with Crippen molar-refractivity contribution in [2.75, 3.05) is 19.0 Å². The van der Waals surface area contributed by atoms with Gasteiger partial charge in [0.1, 0.15) is 6.61 Å². The lowest BCUT2D eigenvalue weighted by Gasteiger charge is -2.38. The van der Waals surface area contributed by atoms with Gasteiger partial charge in [-0.2, -0.15) is 5.10 Å². The first-order chi connectivity index (χ1) is 12.0. The largest absolute Gasteiger partial charge is 0.356 e. The van der Waals surface area contributed by atoms with E-state index >= 15 is 0 Å². The molecule has 2 aromatic rings. The number of nitrogens with one attached hydrogen (secondary N) is 1. The van der Waals surface area contributed by atoms with Crippen LogP contribution in [0.4, 0.5) is 5.69 Å². The summed E-state index contributed by atoms with van der Waals surface area (Å²) in [5, 5.41) is 6.97. The Morgan fingerprint density at radius 1 is 1.36 bits per heavy atom. The molecule has 1 N–H and O–H groups in total. The fourth-order valence-electron chi connectivity index (χ4n) is 2.91. The van der Waals surface area contributed by atoms with Gasteiger partial charge in [-0.15, -0.1) is 0 Å². The minimum Gasteiger partial charge on any atom is -0.356 e.